The lowest BCUT2D eigenvalue weighted by atomic mass is 10.0. The number of aliphatic imine (C=N–C) groups is 1. The number of nitrogens with one attached hydrogen (secondary N) is 2. The minimum absolute atomic E-state index is 0.225. The van der Waals surface area contributed by atoms with E-state index in [0.29, 0.717) is 11.7 Å². The van der Waals surface area contributed by atoms with Gasteiger partial charge in [-0.1, -0.05) is 30.3 Å². The van der Waals surface area contributed by atoms with E-state index in [2.05, 4.69) is 51.8 Å². The molecule has 0 bridgehead atoms. The van der Waals surface area contributed by atoms with Crippen molar-refractivity contribution < 1.29 is 9.52 Å². The molecule has 0 amide bonds. The van der Waals surface area contributed by atoms with Crippen molar-refractivity contribution in [2.24, 2.45) is 4.99 Å². The zero-order valence-corrected chi connectivity index (χ0v) is 17.5. The van der Waals surface area contributed by atoms with E-state index in [4.69, 9.17) is 4.42 Å². The van der Waals surface area contributed by atoms with Crippen molar-refractivity contribution in [2.75, 3.05) is 33.2 Å². The van der Waals surface area contributed by atoms with Crippen molar-refractivity contribution in [3.8, 4) is 0 Å². The first-order valence-corrected chi connectivity index (χ1v) is 9.94. The van der Waals surface area contributed by atoms with Crippen LogP contribution in [0, 0.1) is 6.92 Å². The van der Waals surface area contributed by atoms with E-state index >= 15 is 0 Å². The van der Waals surface area contributed by atoms with E-state index < -0.39 is 5.60 Å². The highest BCUT2D eigenvalue weighted by atomic mass is 16.4. The van der Waals surface area contributed by atoms with Gasteiger partial charge in [-0.05, 0) is 58.5 Å². The summed E-state index contributed by atoms with van der Waals surface area (Å²) in [5.41, 5.74) is 0.190. The van der Waals surface area contributed by atoms with Crippen LogP contribution in [-0.4, -0.2) is 49.2 Å². The van der Waals surface area contributed by atoms with Gasteiger partial charge < -0.3 is 25.1 Å². The molecule has 3 N–H and O–H groups in total. The molecule has 0 saturated carbocycles. The summed E-state index contributed by atoms with van der Waals surface area (Å²) >= 11 is 0. The van der Waals surface area contributed by atoms with Gasteiger partial charge in [0.1, 0.15) is 17.1 Å². The summed E-state index contributed by atoms with van der Waals surface area (Å²) < 4.78 is 5.55. The summed E-state index contributed by atoms with van der Waals surface area (Å²) in [4.78, 5) is 6.84. The molecule has 28 heavy (non-hydrogen) atoms. The molecule has 1 heterocycles. The second-order valence-electron chi connectivity index (χ2n) is 7.38. The van der Waals surface area contributed by atoms with Gasteiger partial charge >= 0.3 is 0 Å². The van der Waals surface area contributed by atoms with Crippen LogP contribution >= 0.6 is 0 Å². The third-order valence-electron chi connectivity index (χ3n) is 4.46. The van der Waals surface area contributed by atoms with Crippen LogP contribution in [0.5, 0.6) is 0 Å². The Kier molecular flexibility index (Phi) is 8.54. The molecular formula is C22H34N4O2. The number of furan rings is 1. The Morgan fingerprint density at radius 2 is 1.93 bits per heavy atom. The van der Waals surface area contributed by atoms with Crippen LogP contribution in [0.15, 0.2) is 51.9 Å². The van der Waals surface area contributed by atoms with Gasteiger partial charge in [-0.2, -0.15) is 0 Å². The number of hydrogen-bond donors (Lipinski definition) is 3. The molecule has 0 radical (unpaired) electrons. The van der Waals surface area contributed by atoms with Gasteiger partial charge in [-0.15, -0.1) is 0 Å². The van der Waals surface area contributed by atoms with Gasteiger partial charge in [0, 0.05) is 19.6 Å². The number of benzene rings is 1. The molecule has 6 heteroatoms. The van der Waals surface area contributed by atoms with Crippen molar-refractivity contribution in [3.63, 3.8) is 0 Å². The second-order valence-corrected chi connectivity index (χ2v) is 7.38. The van der Waals surface area contributed by atoms with E-state index in [1.54, 1.807) is 13.0 Å². The minimum atomic E-state index is -1.13. The molecular weight excluding hydrogens is 352 g/mol. The lowest BCUT2D eigenvalue weighted by molar-refractivity contribution is 0.0428. The predicted octanol–water partition coefficient (Wildman–Crippen LogP) is 2.87. The van der Waals surface area contributed by atoms with Crippen LogP contribution in [0.25, 0.3) is 0 Å². The van der Waals surface area contributed by atoms with Crippen molar-refractivity contribution in [3.05, 3.63) is 59.5 Å². The van der Waals surface area contributed by atoms with Crippen molar-refractivity contribution >= 4 is 5.96 Å². The van der Waals surface area contributed by atoms with Crippen LogP contribution < -0.4 is 10.6 Å². The fourth-order valence-electron chi connectivity index (χ4n) is 2.91. The predicted molar refractivity (Wildman–Crippen MR) is 114 cm³/mol. The molecule has 0 aliphatic rings. The average Bonchev–Trinajstić information content (AvgIpc) is 3.11. The molecule has 0 fully saturated rings. The first-order valence-electron chi connectivity index (χ1n) is 9.94. The smallest absolute Gasteiger partial charge is 0.191 e. The number of hydrogen-bond acceptors (Lipinski definition) is 4. The topological polar surface area (TPSA) is 73.0 Å². The van der Waals surface area contributed by atoms with Crippen LogP contribution in [-0.2, 0) is 12.1 Å². The monoisotopic (exact) mass is 386 g/mol. The summed E-state index contributed by atoms with van der Waals surface area (Å²) in [7, 11) is 2.13. The molecule has 0 saturated heterocycles. The van der Waals surface area contributed by atoms with E-state index in [9.17, 15) is 5.11 Å². The molecule has 1 unspecified atom stereocenters. The highest BCUT2D eigenvalue weighted by molar-refractivity contribution is 5.79. The van der Waals surface area contributed by atoms with E-state index in [1.165, 1.54) is 5.56 Å². The molecule has 2 aromatic rings. The van der Waals surface area contributed by atoms with Crippen molar-refractivity contribution in [1.29, 1.82) is 0 Å². The summed E-state index contributed by atoms with van der Waals surface area (Å²) in [5, 5.41) is 17.2. The molecule has 154 valence electrons. The number of rotatable bonds is 10. The van der Waals surface area contributed by atoms with Gasteiger partial charge in [-0.25, -0.2) is 4.99 Å². The Morgan fingerprint density at radius 3 is 2.57 bits per heavy atom. The molecule has 0 aliphatic carbocycles. The van der Waals surface area contributed by atoms with Crippen LogP contribution in [0.2, 0.25) is 0 Å². The summed E-state index contributed by atoms with van der Waals surface area (Å²) in [5.74, 6) is 2.02. The highest BCUT2D eigenvalue weighted by Gasteiger charge is 2.26. The Hall–Kier alpha value is -2.31. The lowest BCUT2D eigenvalue weighted by Crippen LogP contribution is -2.40. The molecule has 0 aliphatic heterocycles. The Morgan fingerprint density at radius 1 is 1.18 bits per heavy atom. The maximum Gasteiger partial charge on any atom is 0.191 e. The third-order valence-corrected chi connectivity index (χ3v) is 4.46. The van der Waals surface area contributed by atoms with Crippen LogP contribution in [0.1, 0.15) is 37.4 Å². The molecule has 6 nitrogen and oxygen atoms in total. The number of aliphatic hydroxyl groups is 1. The van der Waals surface area contributed by atoms with Gasteiger partial charge in [0.2, 0.25) is 0 Å². The summed E-state index contributed by atoms with van der Waals surface area (Å²) in [6.45, 7) is 9.35. The SMILES string of the molecule is CCNC(=NCC(C)(O)c1ccc(C)o1)NCCCN(C)Cc1ccccc1. The third kappa shape index (κ3) is 7.37. The van der Waals surface area contributed by atoms with Gasteiger partial charge in [-0.3, -0.25) is 0 Å². The maximum absolute atomic E-state index is 10.6. The zero-order chi connectivity index (χ0) is 20.4. The molecule has 1 atom stereocenters. The van der Waals surface area contributed by atoms with Gasteiger partial charge in [0.15, 0.2) is 5.96 Å². The highest BCUT2D eigenvalue weighted by Crippen LogP contribution is 2.23. The molecule has 0 spiro atoms. The van der Waals surface area contributed by atoms with Crippen molar-refractivity contribution in [1.82, 2.24) is 15.5 Å². The normalized spacial score (nSPS) is 14.1. The Balaban J connectivity index is 1.77. The number of guanidine groups is 1. The van der Waals surface area contributed by atoms with Gasteiger partial charge in [0.05, 0.1) is 6.54 Å². The Bertz CT molecular complexity index is 725. The fraction of sp³-hybridized carbons (Fsp3) is 0.500. The fourth-order valence-corrected chi connectivity index (χ4v) is 2.91. The zero-order valence-electron chi connectivity index (χ0n) is 17.5. The number of aryl methyl sites for hydroxylation is 1. The Labute approximate surface area is 168 Å². The first-order chi connectivity index (χ1) is 13.4. The van der Waals surface area contributed by atoms with Gasteiger partial charge in [0.25, 0.3) is 0 Å². The minimum Gasteiger partial charge on any atom is -0.463 e. The molecule has 1 aromatic carbocycles. The summed E-state index contributed by atoms with van der Waals surface area (Å²) in [6, 6.07) is 14.1. The summed E-state index contributed by atoms with van der Waals surface area (Å²) in [6.07, 6.45) is 1.00. The van der Waals surface area contributed by atoms with Crippen molar-refractivity contribution in [2.45, 2.75) is 39.3 Å². The van der Waals surface area contributed by atoms with E-state index in [-0.39, 0.29) is 6.54 Å². The number of nitrogens with zero attached hydrogens (tertiary/aromatic N) is 2. The van der Waals surface area contributed by atoms with Crippen LogP contribution in [0.4, 0.5) is 0 Å². The van der Waals surface area contributed by atoms with Crippen LogP contribution in [0.3, 0.4) is 0 Å². The lowest BCUT2D eigenvalue weighted by Gasteiger charge is -2.20. The quantitative estimate of drug-likeness (QED) is 0.333. The molecule has 2 rings (SSSR count). The molecule has 1 aromatic heterocycles. The average molecular weight is 387 g/mol. The van der Waals surface area contributed by atoms with E-state index in [0.717, 1.165) is 38.4 Å². The largest absolute Gasteiger partial charge is 0.463 e. The second kappa shape index (κ2) is 10.9. The van der Waals surface area contributed by atoms with E-state index in [1.807, 2.05) is 26.0 Å². The standard InChI is InChI=1S/C22H34N4O2/c1-5-23-21(25-17-22(3,27)20-13-12-18(2)28-20)24-14-9-15-26(4)16-19-10-7-6-8-11-19/h6-8,10-13,27H,5,9,14-17H2,1-4H3,(H2,23,24,25). The first kappa shape index (κ1) is 22.0. The maximum atomic E-state index is 10.6.